The van der Waals surface area contributed by atoms with E-state index in [1.807, 2.05) is 0 Å². The number of nitrogens with zero attached hydrogens (tertiary/aromatic N) is 1. The lowest BCUT2D eigenvalue weighted by molar-refractivity contribution is 0.547. The average Bonchev–Trinajstić information content (AvgIpc) is 2.65. The molecule has 3 aromatic carbocycles. The highest BCUT2D eigenvalue weighted by molar-refractivity contribution is 5.60. The van der Waals surface area contributed by atoms with Crippen molar-refractivity contribution in [3.8, 4) is 0 Å². The minimum atomic E-state index is 0.451. The first kappa shape index (κ1) is 14.8. The first-order chi connectivity index (χ1) is 12.3. The number of rotatable bonds is 2. The summed E-state index contributed by atoms with van der Waals surface area (Å²) in [7, 11) is 0. The zero-order valence-electron chi connectivity index (χ0n) is 14.7. The molecule has 0 fully saturated rings. The molecule has 3 aliphatic heterocycles. The molecule has 1 aliphatic carbocycles. The van der Waals surface area contributed by atoms with E-state index < -0.39 is 0 Å². The third kappa shape index (κ3) is 2.38. The number of hydrogen-bond donors (Lipinski definition) is 0. The zero-order chi connectivity index (χ0) is 16.8. The van der Waals surface area contributed by atoms with Crippen molar-refractivity contribution >= 4 is 5.69 Å². The van der Waals surface area contributed by atoms with E-state index in [2.05, 4.69) is 84.6 Å². The molecule has 0 N–H and O–H groups in total. The van der Waals surface area contributed by atoms with Crippen LogP contribution in [0.15, 0.2) is 72.8 Å². The molecule has 7 rings (SSSR count). The molecule has 3 heterocycles. The molecule has 4 aliphatic rings. The third-order valence-corrected chi connectivity index (χ3v) is 6.01. The molecule has 0 saturated heterocycles. The summed E-state index contributed by atoms with van der Waals surface area (Å²) < 4.78 is 0. The second-order valence-corrected chi connectivity index (χ2v) is 7.40. The van der Waals surface area contributed by atoms with Gasteiger partial charge in [0.1, 0.15) is 0 Å². The Labute approximate surface area is 149 Å². The lowest BCUT2D eigenvalue weighted by Crippen LogP contribution is -2.33. The van der Waals surface area contributed by atoms with Gasteiger partial charge in [-0.15, -0.1) is 0 Å². The van der Waals surface area contributed by atoms with Crippen molar-refractivity contribution in [2.24, 2.45) is 0 Å². The zero-order valence-corrected chi connectivity index (χ0v) is 14.7. The quantitative estimate of drug-likeness (QED) is 0.571. The fourth-order valence-corrected chi connectivity index (χ4v) is 4.70. The van der Waals surface area contributed by atoms with Crippen LogP contribution in [0.25, 0.3) is 0 Å². The Morgan fingerprint density at radius 1 is 0.840 bits per heavy atom. The first-order valence-corrected chi connectivity index (χ1v) is 9.33. The number of benzene rings is 3. The van der Waals surface area contributed by atoms with Gasteiger partial charge in [0.15, 0.2) is 0 Å². The maximum atomic E-state index is 2.62. The Bertz CT molecular complexity index is 912. The predicted octanol–water partition coefficient (Wildman–Crippen LogP) is 5.85. The summed E-state index contributed by atoms with van der Waals surface area (Å²) in [6, 6.07) is 27.5. The van der Waals surface area contributed by atoms with Crippen LogP contribution in [0.2, 0.25) is 0 Å². The van der Waals surface area contributed by atoms with Crippen molar-refractivity contribution in [2.75, 3.05) is 4.90 Å². The minimum Gasteiger partial charge on any atom is -0.360 e. The lowest BCUT2D eigenvalue weighted by atomic mass is 9.77. The van der Waals surface area contributed by atoms with Gasteiger partial charge in [-0.25, -0.2) is 0 Å². The maximum Gasteiger partial charge on any atom is 0.0552 e. The van der Waals surface area contributed by atoms with E-state index in [1.54, 1.807) is 0 Å². The van der Waals surface area contributed by atoms with E-state index >= 15 is 0 Å². The van der Waals surface area contributed by atoms with Gasteiger partial charge in [-0.2, -0.15) is 0 Å². The molecule has 0 spiro atoms. The van der Waals surface area contributed by atoms with Crippen LogP contribution in [0.5, 0.6) is 0 Å². The Morgan fingerprint density at radius 3 is 2.44 bits per heavy atom. The van der Waals surface area contributed by atoms with Gasteiger partial charge in [0.2, 0.25) is 0 Å². The molecule has 0 aromatic heterocycles. The molecular formula is C24H23N. The Hall–Kier alpha value is -2.54. The van der Waals surface area contributed by atoms with Crippen molar-refractivity contribution < 1.29 is 0 Å². The largest absolute Gasteiger partial charge is 0.360 e. The number of aryl methyl sites for hydroxylation is 1. The first-order valence-electron chi connectivity index (χ1n) is 9.33. The standard InChI is InChI=1S/C24H23N/c1-17-21-9-5-6-10-22(21)24-14-12-19-11-13-20(15-23(17)19)25(24)16-18-7-3-2-4-8-18/h2-11,13,15,17,24H,12,14,16H2,1H3. The minimum absolute atomic E-state index is 0.451. The van der Waals surface area contributed by atoms with E-state index in [-0.39, 0.29) is 0 Å². The summed E-state index contributed by atoms with van der Waals surface area (Å²) in [4.78, 5) is 2.62. The highest BCUT2D eigenvalue weighted by Gasteiger charge is 2.31. The summed E-state index contributed by atoms with van der Waals surface area (Å²) in [6.07, 6.45) is 2.36. The fraction of sp³-hybridized carbons (Fsp3) is 0.250. The molecule has 0 radical (unpaired) electrons. The number of hydrogen-bond acceptors (Lipinski definition) is 1. The summed E-state index contributed by atoms with van der Waals surface area (Å²) >= 11 is 0. The third-order valence-electron chi connectivity index (χ3n) is 6.01. The Morgan fingerprint density at radius 2 is 1.60 bits per heavy atom. The van der Waals surface area contributed by atoms with Crippen LogP contribution in [0, 0.1) is 0 Å². The van der Waals surface area contributed by atoms with Crippen LogP contribution in [0.1, 0.15) is 53.1 Å². The summed E-state index contributed by atoms with van der Waals surface area (Å²) in [5.74, 6) is 0.479. The fourth-order valence-electron chi connectivity index (χ4n) is 4.70. The van der Waals surface area contributed by atoms with Gasteiger partial charge < -0.3 is 4.90 Å². The molecule has 4 bridgehead atoms. The molecular weight excluding hydrogens is 302 g/mol. The second kappa shape index (κ2) is 5.77. The van der Waals surface area contributed by atoms with E-state index in [1.165, 1.54) is 46.3 Å². The highest BCUT2D eigenvalue weighted by atomic mass is 15.2. The molecule has 2 unspecified atom stereocenters. The van der Waals surface area contributed by atoms with Gasteiger partial charge in [0.05, 0.1) is 6.04 Å². The SMILES string of the molecule is CC1c2cc3ccc2CCC(c2ccccc21)N3Cc1ccccc1. The van der Waals surface area contributed by atoms with Gasteiger partial charge in [-0.05, 0) is 52.8 Å². The molecule has 0 amide bonds. The Balaban J connectivity index is 1.71. The van der Waals surface area contributed by atoms with Gasteiger partial charge >= 0.3 is 0 Å². The van der Waals surface area contributed by atoms with Crippen molar-refractivity contribution in [1.82, 2.24) is 0 Å². The smallest absolute Gasteiger partial charge is 0.0552 e. The number of fused-ring (bicyclic) bond motifs is 1. The average molecular weight is 325 g/mol. The number of anilines is 1. The Kier molecular flexibility index (Phi) is 3.41. The van der Waals surface area contributed by atoms with Crippen LogP contribution in [-0.4, -0.2) is 0 Å². The van der Waals surface area contributed by atoms with Crippen LogP contribution in [-0.2, 0) is 13.0 Å². The summed E-state index contributed by atoms with van der Waals surface area (Å²) in [5.41, 5.74) is 8.82. The highest BCUT2D eigenvalue weighted by Crippen LogP contribution is 2.45. The van der Waals surface area contributed by atoms with Crippen molar-refractivity contribution in [3.63, 3.8) is 0 Å². The van der Waals surface area contributed by atoms with Crippen LogP contribution < -0.4 is 4.90 Å². The van der Waals surface area contributed by atoms with E-state index in [0.29, 0.717) is 12.0 Å². The van der Waals surface area contributed by atoms with E-state index in [4.69, 9.17) is 0 Å². The molecule has 25 heavy (non-hydrogen) atoms. The van der Waals surface area contributed by atoms with Crippen LogP contribution >= 0.6 is 0 Å². The predicted molar refractivity (Wildman–Crippen MR) is 104 cm³/mol. The van der Waals surface area contributed by atoms with Crippen LogP contribution in [0.3, 0.4) is 0 Å². The van der Waals surface area contributed by atoms with Gasteiger partial charge in [-0.1, -0.05) is 67.6 Å². The van der Waals surface area contributed by atoms with Gasteiger partial charge in [-0.3, -0.25) is 0 Å². The monoisotopic (exact) mass is 325 g/mol. The molecule has 0 saturated carbocycles. The van der Waals surface area contributed by atoms with Gasteiger partial charge in [0.25, 0.3) is 0 Å². The molecule has 124 valence electrons. The van der Waals surface area contributed by atoms with E-state index in [0.717, 1.165) is 6.54 Å². The summed E-state index contributed by atoms with van der Waals surface area (Å²) in [6.45, 7) is 3.34. The molecule has 1 heteroatoms. The summed E-state index contributed by atoms with van der Waals surface area (Å²) in [5, 5.41) is 0. The topological polar surface area (TPSA) is 3.24 Å². The lowest BCUT2D eigenvalue weighted by Gasteiger charge is -2.41. The van der Waals surface area contributed by atoms with Gasteiger partial charge in [0, 0.05) is 18.2 Å². The molecule has 3 aromatic rings. The second-order valence-electron chi connectivity index (χ2n) is 7.40. The van der Waals surface area contributed by atoms with E-state index in [9.17, 15) is 0 Å². The molecule has 1 nitrogen and oxygen atoms in total. The van der Waals surface area contributed by atoms with Crippen molar-refractivity contribution in [2.45, 2.75) is 38.3 Å². The van der Waals surface area contributed by atoms with Crippen molar-refractivity contribution in [1.29, 1.82) is 0 Å². The van der Waals surface area contributed by atoms with Crippen LogP contribution in [0.4, 0.5) is 5.69 Å². The molecule has 2 atom stereocenters. The normalized spacial score (nSPS) is 20.8. The van der Waals surface area contributed by atoms with Crippen molar-refractivity contribution in [3.05, 3.63) is 101 Å². The maximum absolute atomic E-state index is 2.62.